The third-order valence-electron chi connectivity index (χ3n) is 6.09. The zero-order chi connectivity index (χ0) is 23.2. The van der Waals surface area contributed by atoms with Gasteiger partial charge in [-0.25, -0.2) is 4.98 Å². The number of phenolic OH excluding ortho intramolecular Hbond substituents is 1. The summed E-state index contributed by atoms with van der Waals surface area (Å²) in [7, 11) is 0. The zero-order valence-corrected chi connectivity index (χ0v) is 18.5. The lowest BCUT2D eigenvalue weighted by Crippen LogP contribution is -2.23. The van der Waals surface area contributed by atoms with Gasteiger partial charge in [-0.3, -0.25) is 4.79 Å². The second-order valence-corrected chi connectivity index (χ2v) is 8.58. The molecule has 0 saturated heterocycles. The van der Waals surface area contributed by atoms with E-state index < -0.39 is 0 Å². The number of hydrogen-bond acceptors (Lipinski definition) is 6. The van der Waals surface area contributed by atoms with Crippen LogP contribution in [0.1, 0.15) is 24.0 Å². The Morgan fingerprint density at radius 3 is 2.71 bits per heavy atom. The molecule has 0 aliphatic carbocycles. The minimum absolute atomic E-state index is 0.111. The van der Waals surface area contributed by atoms with Crippen molar-refractivity contribution in [3.8, 4) is 33.8 Å². The molecule has 9 nitrogen and oxygen atoms in total. The van der Waals surface area contributed by atoms with Crippen LogP contribution in [-0.4, -0.2) is 39.8 Å². The Bertz CT molecular complexity index is 1560. The first kappa shape index (κ1) is 20.4. The molecule has 10 heteroatoms. The molecule has 1 aliphatic rings. The number of nitrogens with zero attached hydrogens (tertiary/aromatic N) is 6. The van der Waals surface area contributed by atoms with Crippen LogP contribution in [0.4, 0.5) is 0 Å². The van der Waals surface area contributed by atoms with Gasteiger partial charge in [0, 0.05) is 22.3 Å². The van der Waals surface area contributed by atoms with Crippen molar-refractivity contribution < 1.29 is 5.11 Å². The van der Waals surface area contributed by atoms with Gasteiger partial charge in [0.25, 0.3) is 5.56 Å². The van der Waals surface area contributed by atoms with Gasteiger partial charge in [-0.2, -0.15) is 4.68 Å². The molecular formula is C24H18ClN7O2. The molecule has 0 unspecified atom stereocenters. The molecule has 0 fully saturated rings. The van der Waals surface area contributed by atoms with Crippen LogP contribution in [-0.2, 0) is 6.42 Å². The van der Waals surface area contributed by atoms with Gasteiger partial charge in [-0.05, 0) is 82.9 Å². The molecule has 4 heterocycles. The average Bonchev–Trinajstić information content (AvgIpc) is 3.60. The molecule has 5 aromatic rings. The van der Waals surface area contributed by atoms with Crippen molar-refractivity contribution in [1.29, 1.82) is 0 Å². The van der Waals surface area contributed by atoms with E-state index in [2.05, 4.69) is 25.5 Å². The highest BCUT2D eigenvalue weighted by Gasteiger charge is 2.28. The van der Waals surface area contributed by atoms with Crippen LogP contribution in [0.3, 0.4) is 0 Å². The van der Waals surface area contributed by atoms with Crippen LogP contribution in [0, 0.1) is 0 Å². The summed E-state index contributed by atoms with van der Waals surface area (Å²) in [5.74, 6) is 0.937. The predicted molar refractivity (Wildman–Crippen MR) is 126 cm³/mol. The van der Waals surface area contributed by atoms with Gasteiger partial charge in [-0.15, -0.1) is 5.10 Å². The largest absolute Gasteiger partial charge is 0.508 e. The molecular weight excluding hydrogens is 454 g/mol. The van der Waals surface area contributed by atoms with Crippen molar-refractivity contribution in [2.75, 3.05) is 0 Å². The molecule has 168 valence electrons. The molecule has 0 radical (unpaired) electrons. The standard InChI is InChI=1S/C24H18ClN7O2/c25-16-3-7-21(31-13-27-29-30-31)19(11-16)15-9-17-4-8-22(32(17)23(34)10-15)24-26-12-20(28-24)14-1-5-18(33)6-2-14/h1-3,5-7,9-13,22,33H,4,8H2,(H,26,28)/t22-/m0/s1. The lowest BCUT2D eigenvalue weighted by atomic mass is 10.0. The molecule has 1 aliphatic heterocycles. The smallest absolute Gasteiger partial charge is 0.252 e. The fourth-order valence-electron chi connectivity index (χ4n) is 4.51. The predicted octanol–water partition coefficient (Wildman–Crippen LogP) is 3.78. The van der Waals surface area contributed by atoms with Gasteiger partial charge < -0.3 is 14.7 Å². The van der Waals surface area contributed by atoms with Crippen molar-refractivity contribution in [3.05, 3.63) is 94.0 Å². The Kier molecular flexibility index (Phi) is 4.77. The Labute approximate surface area is 198 Å². The van der Waals surface area contributed by atoms with Gasteiger partial charge >= 0.3 is 0 Å². The molecule has 34 heavy (non-hydrogen) atoms. The van der Waals surface area contributed by atoms with Crippen molar-refractivity contribution >= 4 is 11.6 Å². The molecule has 2 N–H and O–H groups in total. The summed E-state index contributed by atoms with van der Waals surface area (Å²) in [5.41, 5.74) is 4.83. The average molecular weight is 472 g/mol. The minimum atomic E-state index is -0.180. The number of tetrazole rings is 1. The van der Waals surface area contributed by atoms with E-state index in [0.29, 0.717) is 5.02 Å². The van der Waals surface area contributed by atoms with E-state index in [1.807, 2.05) is 30.3 Å². The normalized spacial score (nSPS) is 14.9. The number of aromatic amines is 1. The number of aromatic nitrogens is 7. The summed E-state index contributed by atoms with van der Waals surface area (Å²) in [4.78, 5) is 21.2. The number of fused-ring (bicyclic) bond motifs is 1. The molecule has 6 rings (SSSR count). The number of H-pyrrole nitrogens is 1. The van der Waals surface area contributed by atoms with Gasteiger partial charge in [-0.1, -0.05) is 11.6 Å². The lowest BCUT2D eigenvalue weighted by molar-refractivity contribution is 0.475. The van der Waals surface area contributed by atoms with E-state index in [-0.39, 0.29) is 17.4 Å². The number of pyridine rings is 1. The SMILES string of the molecule is O=c1cc(-c2cc(Cl)ccc2-n2cnnn2)cc2n1[C@H](c1ncc(-c3ccc(O)cc3)[nH]1)CC2. The second kappa shape index (κ2) is 7.96. The molecule has 3 aromatic heterocycles. The Morgan fingerprint density at radius 2 is 1.91 bits per heavy atom. The summed E-state index contributed by atoms with van der Waals surface area (Å²) in [6.07, 6.45) is 4.76. The van der Waals surface area contributed by atoms with E-state index in [0.717, 1.165) is 52.4 Å². The Balaban J connectivity index is 1.39. The van der Waals surface area contributed by atoms with Crippen molar-refractivity contribution in [2.24, 2.45) is 0 Å². The molecule has 0 spiro atoms. The maximum atomic E-state index is 13.3. The van der Waals surface area contributed by atoms with E-state index in [1.165, 1.54) is 6.33 Å². The fourth-order valence-corrected chi connectivity index (χ4v) is 4.69. The maximum absolute atomic E-state index is 13.3. The van der Waals surface area contributed by atoms with Gasteiger partial charge in [0.2, 0.25) is 0 Å². The van der Waals surface area contributed by atoms with Crippen LogP contribution in [0.2, 0.25) is 5.02 Å². The monoisotopic (exact) mass is 471 g/mol. The van der Waals surface area contributed by atoms with Crippen molar-refractivity contribution in [2.45, 2.75) is 18.9 Å². The highest BCUT2D eigenvalue weighted by molar-refractivity contribution is 6.31. The number of halogens is 1. The first-order chi connectivity index (χ1) is 16.6. The first-order valence-corrected chi connectivity index (χ1v) is 11.1. The molecule has 0 bridgehead atoms. The number of nitrogens with one attached hydrogen (secondary N) is 1. The highest BCUT2D eigenvalue weighted by Crippen LogP contribution is 2.34. The Hall–Kier alpha value is -4.24. The molecule has 1 atom stereocenters. The first-order valence-electron chi connectivity index (χ1n) is 10.7. The summed E-state index contributed by atoms with van der Waals surface area (Å²) in [6.45, 7) is 0. The molecule has 0 saturated carbocycles. The van der Waals surface area contributed by atoms with Crippen molar-refractivity contribution in [1.82, 2.24) is 34.7 Å². The second-order valence-electron chi connectivity index (χ2n) is 8.14. The third kappa shape index (κ3) is 3.46. The number of aromatic hydroxyl groups is 1. The van der Waals surface area contributed by atoms with Crippen LogP contribution >= 0.6 is 11.6 Å². The number of aryl methyl sites for hydroxylation is 1. The fraction of sp³-hybridized carbons (Fsp3) is 0.125. The summed E-state index contributed by atoms with van der Waals surface area (Å²) >= 11 is 6.28. The van der Waals surface area contributed by atoms with E-state index in [4.69, 9.17) is 11.6 Å². The van der Waals surface area contributed by atoms with Gasteiger partial charge in [0.1, 0.15) is 17.9 Å². The van der Waals surface area contributed by atoms with Gasteiger partial charge in [0.05, 0.1) is 23.6 Å². The van der Waals surface area contributed by atoms with Gasteiger partial charge in [0.15, 0.2) is 0 Å². The topological polar surface area (TPSA) is 115 Å². The minimum Gasteiger partial charge on any atom is -0.508 e. The van der Waals surface area contributed by atoms with Crippen LogP contribution in [0.15, 0.2) is 71.9 Å². The van der Waals surface area contributed by atoms with E-state index in [9.17, 15) is 9.90 Å². The highest BCUT2D eigenvalue weighted by atomic mass is 35.5. The maximum Gasteiger partial charge on any atom is 0.252 e. The lowest BCUT2D eigenvalue weighted by Gasteiger charge is -2.15. The number of imidazole rings is 1. The summed E-state index contributed by atoms with van der Waals surface area (Å²) in [5, 5.41) is 21.5. The van der Waals surface area contributed by atoms with Crippen LogP contribution in [0.5, 0.6) is 5.75 Å². The number of phenols is 1. The Morgan fingerprint density at radius 1 is 1.06 bits per heavy atom. The van der Waals surface area contributed by atoms with Crippen molar-refractivity contribution in [3.63, 3.8) is 0 Å². The van der Waals surface area contributed by atoms with Crippen LogP contribution < -0.4 is 5.56 Å². The number of rotatable bonds is 4. The summed E-state index contributed by atoms with van der Waals surface area (Å²) < 4.78 is 3.34. The van der Waals surface area contributed by atoms with E-state index in [1.54, 1.807) is 39.7 Å². The zero-order valence-electron chi connectivity index (χ0n) is 17.8. The molecule has 0 amide bonds. The number of benzene rings is 2. The van der Waals surface area contributed by atoms with Crippen LogP contribution in [0.25, 0.3) is 28.1 Å². The third-order valence-corrected chi connectivity index (χ3v) is 6.32. The summed E-state index contributed by atoms with van der Waals surface area (Å²) in [6, 6.07) is 15.8. The quantitative estimate of drug-likeness (QED) is 0.412. The van der Waals surface area contributed by atoms with E-state index >= 15 is 0 Å². The molecule has 2 aromatic carbocycles. The number of hydrogen-bond donors (Lipinski definition) is 2.